The van der Waals surface area contributed by atoms with E-state index < -0.39 is 8.07 Å². The van der Waals surface area contributed by atoms with Gasteiger partial charge in [-0.1, -0.05) is 186 Å². The van der Waals surface area contributed by atoms with E-state index in [0.29, 0.717) is 0 Å². The summed E-state index contributed by atoms with van der Waals surface area (Å²) in [5, 5.41) is 8.25. The Morgan fingerprint density at radius 3 is 1.49 bits per heavy atom. The Morgan fingerprint density at radius 1 is 0.305 bits per heavy atom. The van der Waals surface area contributed by atoms with E-state index in [2.05, 4.69) is 211 Å². The van der Waals surface area contributed by atoms with Gasteiger partial charge in [0.2, 0.25) is 0 Å². The first-order chi connectivity index (χ1) is 28.5. The smallest absolute Gasteiger partial charge is 0.0623 e. The number of fused-ring (bicyclic) bond motifs is 11. The van der Waals surface area contributed by atoms with Crippen molar-refractivity contribution in [3.63, 3.8) is 0 Å². The van der Waals surface area contributed by atoms with Crippen molar-refractivity contribution in [1.82, 2.24) is 0 Å². The number of hydrogen-bond acceptors (Lipinski definition) is 0. The molecule has 0 radical (unpaired) electrons. The monoisotopic (exact) mass is 770 g/mol. The first-order valence-electron chi connectivity index (χ1n) is 21.3. The fourth-order valence-electron chi connectivity index (χ4n) is 11.6. The molecule has 3 aliphatic rings. The van der Waals surface area contributed by atoms with Crippen molar-refractivity contribution in [1.29, 1.82) is 0 Å². The van der Waals surface area contributed by atoms with E-state index in [0.717, 1.165) is 0 Å². The van der Waals surface area contributed by atoms with Crippen LogP contribution in [0.5, 0.6) is 0 Å². The average Bonchev–Trinajstić information content (AvgIpc) is 3.74. The highest BCUT2D eigenvalue weighted by Crippen LogP contribution is 2.53. The largest absolute Gasteiger partial charge is 0.113 e. The van der Waals surface area contributed by atoms with Crippen LogP contribution in [0.25, 0.3) is 88.3 Å². The average molecular weight is 771 g/mol. The van der Waals surface area contributed by atoms with Crippen LogP contribution in [0.1, 0.15) is 49.9 Å². The summed E-state index contributed by atoms with van der Waals surface area (Å²) in [6, 6.07) is 65.4. The van der Waals surface area contributed by atoms with E-state index in [1.165, 1.54) is 116 Å². The van der Waals surface area contributed by atoms with Crippen LogP contribution in [0.4, 0.5) is 0 Å². The molecule has 0 atom stereocenters. The van der Waals surface area contributed by atoms with Gasteiger partial charge in [-0.2, -0.15) is 0 Å². The molecule has 9 aromatic rings. The number of benzene rings is 9. The minimum Gasteiger partial charge on any atom is -0.0623 e. The second-order valence-corrected chi connectivity index (χ2v) is 23.2. The molecule has 0 amide bonds. The van der Waals surface area contributed by atoms with Crippen LogP contribution in [0.2, 0.25) is 13.1 Å². The van der Waals surface area contributed by atoms with Gasteiger partial charge in [0.25, 0.3) is 0 Å². The van der Waals surface area contributed by atoms with Gasteiger partial charge in [-0.25, -0.2) is 0 Å². The molecular formula is C58H46Si. The summed E-state index contributed by atoms with van der Waals surface area (Å²) in [6.45, 7) is 14.5. The highest BCUT2D eigenvalue weighted by Gasteiger charge is 2.39. The molecule has 0 aromatic heterocycles. The lowest BCUT2D eigenvalue weighted by Gasteiger charge is -2.23. The molecule has 282 valence electrons. The van der Waals surface area contributed by atoms with E-state index in [-0.39, 0.29) is 10.8 Å². The molecule has 0 nitrogen and oxygen atoms in total. The standard InChI is InChI=1S/C58H46Si/c1-57(2)50-21-13-10-16-40(50)46-32-37(25-29-51(46)57)56-44-19-8-7-18-43(44)55(38-26-30-54-47(33-38)42-17-11-14-22-53(42)59(54,5)6)45-28-24-35(31-48(45)56)36-23-27-41-39-15-9-12-20-49(39)58(3,4)52(41)34-36/h7-34H,1-6H3. The van der Waals surface area contributed by atoms with Crippen molar-refractivity contribution in [2.75, 3.05) is 0 Å². The Morgan fingerprint density at radius 2 is 0.763 bits per heavy atom. The van der Waals surface area contributed by atoms with Crippen molar-refractivity contribution in [3.05, 3.63) is 192 Å². The predicted molar refractivity (Wildman–Crippen MR) is 255 cm³/mol. The van der Waals surface area contributed by atoms with Crippen molar-refractivity contribution >= 4 is 40.0 Å². The third-order valence-electron chi connectivity index (χ3n) is 14.7. The Hall–Kier alpha value is -6.28. The molecule has 0 bridgehead atoms. The summed E-state index contributed by atoms with van der Waals surface area (Å²) in [5.74, 6) is 0. The highest BCUT2D eigenvalue weighted by molar-refractivity contribution is 7.03. The van der Waals surface area contributed by atoms with Crippen LogP contribution in [0.15, 0.2) is 170 Å². The molecule has 0 saturated heterocycles. The summed E-state index contributed by atoms with van der Waals surface area (Å²) in [6.07, 6.45) is 0. The van der Waals surface area contributed by atoms with Crippen molar-refractivity contribution in [2.24, 2.45) is 0 Å². The summed E-state index contributed by atoms with van der Waals surface area (Å²) >= 11 is 0. The van der Waals surface area contributed by atoms with Gasteiger partial charge in [-0.3, -0.25) is 0 Å². The summed E-state index contributed by atoms with van der Waals surface area (Å²) in [5.41, 5.74) is 21.4. The quantitative estimate of drug-likeness (QED) is 0.124. The molecule has 0 unspecified atom stereocenters. The molecule has 0 spiro atoms. The highest BCUT2D eigenvalue weighted by atomic mass is 28.3. The van der Waals surface area contributed by atoms with E-state index in [1.54, 1.807) is 5.19 Å². The van der Waals surface area contributed by atoms with Crippen molar-refractivity contribution in [3.8, 4) is 66.8 Å². The molecule has 0 fully saturated rings. The molecule has 1 aliphatic heterocycles. The topological polar surface area (TPSA) is 0 Å². The first-order valence-corrected chi connectivity index (χ1v) is 24.3. The van der Waals surface area contributed by atoms with Crippen LogP contribution in [0.3, 0.4) is 0 Å². The van der Waals surface area contributed by atoms with Gasteiger partial charge in [0, 0.05) is 10.8 Å². The number of hydrogen-bond donors (Lipinski definition) is 0. The van der Waals surface area contributed by atoms with Gasteiger partial charge in [0.15, 0.2) is 0 Å². The van der Waals surface area contributed by atoms with Crippen molar-refractivity contribution in [2.45, 2.75) is 51.6 Å². The molecule has 0 saturated carbocycles. The third-order valence-corrected chi connectivity index (χ3v) is 18.3. The Kier molecular flexibility index (Phi) is 7.01. The zero-order valence-electron chi connectivity index (χ0n) is 34.7. The maximum absolute atomic E-state index is 2.51. The first kappa shape index (κ1) is 34.7. The molecule has 2 aliphatic carbocycles. The van der Waals surface area contributed by atoms with Gasteiger partial charge in [0.05, 0.1) is 0 Å². The fourth-order valence-corrected chi connectivity index (χ4v) is 14.7. The van der Waals surface area contributed by atoms with Gasteiger partial charge >= 0.3 is 0 Å². The second-order valence-electron chi connectivity index (χ2n) is 18.8. The fraction of sp³-hybridized carbons (Fsp3) is 0.138. The van der Waals surface area contributed by atoms with Crippen LogP contribution >= 0.6 is 0 Å². The summed E-state index contributed by atoms with van der Waals surface area (Å²) in [4.78, 5) is 0. The Balaban J connectivity index is 1.14. The van der Waals surface area contributed by atoms with E-state index in [1.807, 2.05) is 0 Å². The van der Waals surface area contributed by atoms with Gasteiger partial charge in [0.1, 0.15) is 8.07 Å². The maximum Gasteiger partial charge on any atom is 0.113 e. The normalized spacial score (nSPS) is 15.7. The SMILES string of the molecule is CC1(C)c2ccccc2-c2cc(-c3c4ccccc4c(-c4ccc5c(c4)-c4ccccc4[Si]5(C)C)c4ccc(-c5ccc6c(c5)C(C)(C)c5ccccc5-6)cc34)ccc21. The molecular weight excluding hydrogens is 725 g/mol. The minimum atomic E-state index is -1.79. The zero-order chi connectivity index (χ0) is 40.0. The van der Waals surface area contributed by atoms with Gasteiger partial charge in [-0.15, -0.1) is 0 Å². The third kappa shape index (κ3) is 4.65. The Bertz CT molecular complexity index is 3300. The molecule has 9 aromatic carbocycles. The maximum atomic E-state index is 2.51. The zero-order valence-corrected chi connectivity index (χ0v) is 35.7. The lowest BCUT2D eigenvalue weighted by atomic mass is 9.80. The molecule has 59 heavy (non-hydrogen) atoms. The molecule has 1 heterocycles. The summed E-state index contributed by atoms with van der Waals surface area (Å²) < 4.78 is 0. The Labute approximate surface area is 348 Å². The van der Waals surface area contributed by atoms with Crippen molar-refractivity contribution < 1.29 is 0 Å². The molecule has 12 rings (SSSR count). The van der Waals surface area contributed by atoms with E-state index in [9.17, 15) is 0 Å². The van der Waals surface area contributed by atoms with Crippen LogP contribution in [-0.4, -0.2) is 8.07 Å². The number of rotatable bonds is 3. The lowest BCUT2D eigenvalue weighted by Crippen LogP contribution is -2.49. The van der Waals surface area contributed by atoms with E-state index in [4.69, 9.17) is 0 Å². The molecule has 1 heteroatoms. The van der Waals surface area contributed by atoms with Crippen LogP contribution in [-0.2, 0) is 10.8 Å². The predicted octanol–water partition coefficient (Wildman–Crippen LogP) is 14.4. The van der Waals surface area contributed by atoms with Crippen LogP contribution < -0.4 is 10.4 Å². The van der Waals surface area contributed by atoms with Gasteiger partial charge in [-0.05, 0) is 145 Å². The second kappa shape index (κ2) is 11.9. The van der Waals surface area contributed by atoms with E-state index >= 15 is 0 Å². The molecule has 0 N–H and O–H groups in total. The van der Waals surface area contributed by atoms with Crippen LogP contribution in [0, 0.1) is 0 Å². The summed E-state index contributed by atoms with van der Waals surface area (Å²) in [7, 11) is -1.79. The van der Waals surface area contributed by atoms with Gasteiger partial charge < -0.3 is 0 Å². The lowest BCUT2D eigenvalue weighted by molar-refractivity contribution is 0.660. The minimum absolute atomic E-state index is 0.0454.